The molecule has 1 amide bonds. The molecular formula is C25H35NO2. The summed E-state index contributed by atoms with van der Waals surface area (Å²) >= 11 is 0. The third kappa shape index (κ3) is 3.10. The molecule has 1 aromatic carbocycles. The molecule has 0 aromatic heterocycles. The maximum atomic E-state index is 12.9. The van der Waals surface area contributed by atoms with Crippen LogP contribution in [-0.2, 0) is 4.79 Å². The van der Waals surface area contributed by atoms with E-state index in [-0.39, 0.29) is 11.8 Å². The fourth-order valence-corrected chi connectivity index (χ4v) is 7.84. The van der Waals surface area contributed by atoms with E-state index in [2.05, 4.69) is 12.2 Å². The minimum Gasteiger partial charge on any atom is -0.390 e. The molecule has 0 saturated heterocycles. The smallest absolute Gasteiger partial charge is 0.227 e. The lowest BCUT2D eigenvalue weighted by atomic mass is 9.43. The van der Waals surface area contributed by atoms with E-state index in [9.17, 15) is 9.90 Å². The van der Waals surface area contributed by atoms with E-state index < -0.39 is 5.60 Å². The highest BCUT2D eigenvalue weighted by Gasteiger charge is 2.58. The van der Waals surface area contributed by atoms with Crippen molar-refractivity contribution in [2.75, 3.05) is 5.32 Å². The number of rotatable bonds is 2. The Bertz CT molecular complexity index is 729. The average Bonchev–Trinajstić information content (AvgIpc) is 2.61. The molecule has 0 spiro atoms. The first-order valence-corrected chi connectivity index (χ1v) is 11.5. The van der Waals surface area contributed by atoms with Crippen LogP contribution < -0.4 is 5.32 Å². The van der Waals surface area contributed by atoms with Crippen molar-refractivity contribution >= 4 is 11.6 Å². The van der Waals surface area contributed by atoms with E-state index in [1.54, 1.807) is 0 Å². The van der Waals surface area contributed by atoms with Crippen molar-refractivity contribution in [1.29, 1.82) is 0 Å². The Morgan fingerprint density at radius 3 is 2.61 bits per heavy atom. The second-order valence-corrected chi connectivity index (χ2v) is 10.7. The summed E-state index contributed by atoms with van der Waals surface area (Å²) in [6.07, 6.45) is 8.19. The first-order valence-electron chi connectivity index (χ1n) is 11.5. The number of amides is 1. The van der Waals surface area contributed by atoms with Crippen LogP contribution in [0.4, 0.5) is 5.69 Å². The van der Waals surface area contributed by atoms with Gasteiger partial charge in [-0.05, 0) is 105 Å². The minimum atomic E-state index is -0.437. The Morgan fingerprint density at radius 2 is 1.82 bits per heavy atom. The molecule has 2 N–H and O–H groups in total. The quantitative estimate of drug-likeness (QED) is 0.748. The maximum absolute atomic E-state index is 12.9. The fraction of sp³-hybridized carbons (Fsp3) is 0.720. The summed E-state index contributed by atoms with van der Waals surface area (Å²) in [5.41, 5.74) is 0.487. The molecule has 1 aromatic rings. The lowest BCUT2D eigenvalue weighted by Crippen LogP contribution is -2.58. The van der Waals surface area contributed by atoms with Gasteiger partial charge in [-0.3, -0.25) is 4.79 Å². The number of benzene rings is 1. The normalized spacial score (nSPS) is 47.1. The highest BCUT2D eigenvalue weighted by atomic mass is 16.3. The average molecular weight is 382 g/mol. The zero-order valence-electron chi connectivity index (χ0n) is 17.3. The monoisotopic (exact) mass is 381 g/mol. The molecule has 3 nitrogen and oxygen atoms in total. The molecule has 5 rings (SSSR count). The van der Waals surface area contributed by atoms with Gasteiger partial charge in [0.05, 0.1) is 5.60 Å². The van der Waals surface area contributed by atoms with Gasteiger partial charge in [-0.15, -0.1) is 0 Å². The van der Waals surface area contributed by atoms with Crippen molar-refractivity contribution in [3.63, 3.8) is 0 Å². The predicted octanol–water partition coefficient (Wildman–Crippen LogP) is 5.11. The molecular weight excluding hydrogens is 346 g/mol. The van der Waals surface area contributed by atoms with E-state index in [1.807, 2.05) is 37.3 Å². The summed E-state index contributed by atoms with van der Waals surface area (Å²) in [7, 11) is 0. The van der Waals surface area contributed by atoms with Crippen LogP contribution in [0.15, 0.2) is 30.3 Å². The van der Waals surface area contributed by atoms with Crippen LogP contribution in [0.3, 0.4) is 0 Å². The van der Waals surface area contributed by atoms with E-state index in [0.29, 0.717) is 11.8 Å². The predicted molar refractivity (Wildman–Crippen MR) is 112 cm³/mol. The molecule has 3 heteroatoms. The summed E-state index contributed by atoms with van der Waals surface area (Å²) in [5.74, 6) is 5.62. The first kappa shape index (κ1) is 18.7. The van der Waals surface area contributed by atoms with Crippen LogP contribution in [0.5, 0.6) is 0 Å². The molecule has 4 saturated carbocycles. The van der Waals surface area contributed by atoms with Crippen LogP contribution in [0.1, 0.15) is 58.8 Å². The number of para-hydroxylation sites is 1. The van der Waals surface area contributed by atoms with Crippen molar-refractivity contribution in [1.82, 2.24) is 0 Å². The van der Waals surface area contributed by atoms with Crippen molar-refractivity contribution in [2.24, 2.45) is 47.3 Å². The number of hydrogen-bond donors (Lipinski definition) is 2. The summed E-state index contributed by atoms with van der Waals surface area (Å²) < 4.78 is 0. The van der Waals surface area contributed by atoms with Crippen molar-refractivity contribution in [3.05, 3.63) is 30.3 Å². The second-order valence-electron chi connectivity index (χ2n) is 10.7. The maximum Gasteiger partial charge on any atom is 0.227 e. The Labute approximate surface area is 169 Å². The van der Waals surface area contributed by atoms with E-state index >= 15 is 0 Å². The summed E-state index contributed by atoms with van der Waals surface area (Å²) in [5, 5.41) is 13.7. The van der Waals surface area contributed by atoms with E-state index in [0.717, 1.165) is 54.5 Å². The number of nitrogens with one attached hydrogen (secondary N) is 1. The van der Waals surface area contributed by atoms with Crippen molar-refractivity contribution < 1.29 is 9.90 Å². The van der Waals surface area contributed by atoms with E-state index in [4.69, 9.17) is 0 Å². The van der Waals surface area contributed by atoms with Crippen molar-refractivity contribution in [2.45, 2.75) is 64.4 Å². The SMILES string of the molecule is C[C@@H]1C[C@H]2[C@@H](CC[C@@H]3C[C@](C)(O)CC[C@@H]32)[C@@H]2C[C@@H](C(=O)Nc3ccccc3)[C@H]21. The number of carbonyl (C=O) groups is 1. The van der Waals surface area contributed by atoms with Gasteiger partial charge in [0.2, 0.25) is 5.91 Å². The number of anilines is 1. The van der Waals surface area contributed by atoms with Crippen molar-refractivity contribution in [3.8, 4) is 0 Å². The molecule has 0 aliphatic heterocycles. The Morgan fingerprint density at radius 1 is 1.04 bits per heavy atom. The molecule has 0 radical (unpaired) electrons. The van der Waals surface area contributed by atoms with Gasteiger partial charge < -0.3 is 10.4 Å². The minimum absolute atomic E-state index is 0.200. The lowest BCUT2D eigenvalue weighted by Gasteiger charge is -2.61. The van der Waals surface area contributed by atoms with Gasteiger partial charge in [0.25, 0.3) is 0 Å². The Hall–Kier alpha value is -1.35. The molecule has 0 unspecified atom stereocenters. The highest BCUT2D eigenvalue weighted by Crippen LogP contribution is 2.63. The van der Waals surface area contributed by atoms with Crippen LogP contribution in [-0.4, -0.2) is 16.6 Å². The molecule has 28 heavy (non-hydrogen) atoms. The van der Waals surface area contributed by atoms with Gasteiger partial charge in [0.15, 0.2) is 0 Å². The van der Waals surface area contributed by atoms with E-state index in [1.165, 1.54) is 25.7 Å². The third-order valence-electron chi connectivity index (χ3n) is 9.01. The fourth-order valence-electron chi connectivity index (χ4n) is 7.84. The zero-order valence-corrected chi connectivity index (χ0v) is 17.3. The van der Waals surface area contributed by atoms with Gasteiger partial charge >= 0.3 is 0 Å². The highest BCUT2D eigenvalue weighted by molar-refractivity contribution is 5.93. The van der Waals surface area contributed by atoms with Crippen LogP contribution in [0, 0.1) is 47.3 Å². The lowest BCUT2D eigenvalue weighted by molar-refractivity contribution is -0.156. The van der Waals surface area contributed by atoms with Gasteiger partial charge in [-0.2, -0.15) is 0 Å². The summed E-state index contributed by atoms with van der Waals surface area (Å²) in [6, 6.07) is 9.90. The number of carbonyl (C=O) groups excluding carboxylic acids is 1. The van der Waals surface area contributed by atoms with Gasteiger partial charge in [-0.1, -0.05) is 25.1 Å². The van der Waals surface area contributed by atoms with Gasteiger partial charge in [0, 0.05) is 11.6 Å². The Balaban J connectivity index is 1.27. The molecule has 4 aliphatic rings. The van der Waals surface area contributed by atoms with Gasteiger partial charge in [-0.25, -0.2) is 0 Å². The van der Waals surface area contributed by atoms with Crippen LogP contribution >= 0.6 is 0 Å². The molecule has 152 valence electrons. The summed E-state index contributed by atoms with van der Waals surface area (Å²) in [4.78, 5) is 12.9. The topological polar surface area (TPSA) is 49.3 Å². The Kier molecular flexibility index (Phi) is 4.58. The molecule has 0 bridgehead atoms. The number of aliphatic hydroxyl groups is 1. The third-order valence-corrected chi connectivity index (χ3v) is 9.01. The van der Waals surface area contributed by atoms with Crippen LogP contribution in [0.25, 0.3) is 0 Å². The largest absolute Gasteiger partial charge is 0.390 e. The number of hydrogen-bond acceptors (Lipinski definition) is 2. The standard InChI is InChI=1S/C25H35NO2/c1-15-12-20-18-10-11-25(2,28)14-16(18)8-9-19(20)21-13-22(23(15)21)24(27)26-17-6-4-3-5-7-17/h3-7,15-16,18-23,28H,8-14H2,1-2H3,(H,26,27)/t15-,16-,18+,19-,20-,21+,22-,23+,25-/m1/s1. The summed E-state index contributed by atoms with van der Waals surface area (Å²) in [6.45, 7) is 4.44. The molecule has 0 heterocycles. The molecule has 9 atom stereocenters. The molecule has 4 aliphatic carbocycles. The second kappa shape index (κ2) is 6.86. The van der Waals surface area contributed by atoms with Crippen LogP contribution in [0.2, 0.25) is 0 Å². The first-order chi connectivity index (χ1) is 13.4. The van der Waals surface area contributed by atoms with Gasteiger partial charge in [0.1, 0.15) is 0 Å². The molecule has 4 fully saturated rings. The number of fused-ring (bicyclic) bond motifs is 5. The zero-order chi connectivity index (χ0) is 19.5.